The Morgan fingerprint density at radius 3 is 2.33 bits per heavy atom. The number of carbonyl (C=O) groups excluding carboxylic acids is 1. The van der Waals surface area contributed by atoms with Crippen LogP contribution in [0.15, 0.2) is 35.0 Å². The Hall–Kier alpha value is -1.09. The second-order valence-electron chi connectivity index (χ2n) is 2.73. The average Bonchev–Trinajstić information content (AvgIpc) is 2.05. The van der Waals surface area contributed by atoms with Crippen LogP contribution in [-0.4, -0.2) is 14.5 Å². The van der Waals surface area contributed by atoms with E-state index in [4.69, 9.17) is 0 Å². The summed E-state index contributed by atoms with van der Waals surface area (Å²) in [6, 6.07) is 9.16. The lowest BCUT2D eigenvalue weighted by molar-refractivity contribution is 0.100. The highest BCUT2D eigenvalue weighted by molar-refractivity contribution is 6.45. The SMILES string of the molecule is C[Si](C)=NC(=O)c1ccccc1. The van der Waals surface area contributed by atoms with Gasteiger partial charge in [-0.25, -0.2) is 0 Å². The van der Waals surface area contributed by atoms with Gasteiger partial charge in [-0.3, -0.25) is 9.43 Å². The molecule has 0 radical (unpaired) electrons. The molecule has 62 valence electrons. The third-order valence-corrected chi connectivity index (χ3v) is 2.00. The van der Waals surface area contributed by atoms with Gasteiger partial charge < -0.3 is 0 Å². The Balaban J connectivity index is 2.87. The summed E-state index contributed by atoms with van der Waals surface area (Å²) in [7, 11) is -0.805. The van der Waals surface area contributed by atoms with E-state index in [1.807, 2.05) is 31.3 Å². The summed E-state index contributed by atoms with van der Waals surface area (Å²) in [4.78, 5) is 11.3. The van der Waals surface area contributed by atoms with E-state index in [1.165, 1.54) is 0 Å². The van der Waals surface area contributed by atoms with E-state index in [1.54, 1.807) is 12.1 Å². The molecule has 12 heavy (non-hydrogen) atoms. The quantitative estimate of drug-likeness (QED) is 0.605. The van der Waals surface area contributed by atoms with Gasteiger partial charge in [0, 0.05) is 5.56 Å². The van der Waals surface area contributed by atoms with Gasteiger partial charge in [0.2, 0.25) is 0 Å². The standard InChI is InChI=1S/C9H11NOSi/c1-12(2)10-9(11)8-6-4-3-5-7-8/h3-7H,1-2H3. The maximum atomic E-state index is 11.3. The molecule has 0 spiro atoms. The molecule has 0 N–H and O–H groups in total. The Morgan fingerprint density at radius 2 is 1.83 bits per heavy atom. The predicted octanol–water partition coefficient (Wildman–Crippen LogP) is 2.35. The maximum absolute atomic E-state index is 11.3. The molecule has 2 nitrogen and oxygen atoms in total. The van der Waals surface area contributed by atoms with Crippen LogP contribution in [0.2, 0.25) is 13.1 Å². The van der Waals surface area contributed by atoms with Crippen LogP contribution in [0.5, 0.6) is 0 Å². The molecule has 1 rings (SSSR count). The number of benzene rings is 1. The zero-order valence-corrected chi connectivity index (χ0v) is 8.24. The highest BCUT2D eigenvalue weighted by Gasteiger charge is 2.00. The van der Waals surface area contributed by atoms with Crippen molar-refractivity contribution < 1.29 is 4.79 Å². The molecule has 0 heterocycles. The monoisotopic (exact) mass is 177 g/mol. The van der Waals surface area contributed by atoms with Crippen molar-refractivity contribution in [2.75, 3.05) is 0 Å². The molecule has 0 fully saturated rings. The lowest BCUT2D eigenvalue weighted by atomic mass is 10.2. The molecule has 0 saturated heterocycles. The Labute approximate surface area is 73.6 Å². The van der Waals surface area contributed by atoms with Gasteiger partial charge in [0.15, 0.2) is 0 Å². The molecule has 0 saturated carbocycles. The molecule has 0 aromatic heterocycles. The lowest BCUT2D eigenvalue weighted by Crippen LogP contribution is -1.97. The molecule has 1 amide bonds. The molecule has 0 aliphatic rings. The summed E-state index contributed by atoms with van der Waals surface area (Å²) in [5, 5.41) is 0. The normalized spacial score (nSPS) is 9.17. The molecule has 0 unspecified atom stereocenters. The summed E-state index contributed by atoms with van der Waals surface area (Å²) in [5.41, 5.74) is 0.684. The third-order valence-electron chi connectivity index (χ3n) is 1.35. The van der Waals surface area contributed by atoms with Gasteiger partial charge in [0.05, 0.1) is 0 Å². The summed E-state index contributed by atoms with van der Waals surface area (Å²) in [5.74, 6) is -0.0884. The Kier molecular flexibility index (Phi) is 3.05. The maximum Gasteiger partial charge on any atom is 0.267 e. The lowest BCUT2D eigenvalue weighted by Gasteiger charge is -1.93. The first-order chi connectivity index (χ1) is 5.70. The summed E-state index contributed by atoms with van der Waals surface area (Å²) < 4.78 is 4.01. The number of hydrogen-bond acceptors (Lipinski definition) is 1. The minimum absolute atomic E-state index is 0.0884. The summed E-state index contributed by atoms with van der Waals surface area (Å²) in [6.45, 7) is 3.98. The van der Waals surface area contributed by atoms with Crippen LogP contribution in [0.25, 0.3) is 0 Å². The second kappa shape index (κ2) is 4.06. The fourth-order valence-corrected chi connectivity index (χ4v) is 1.38. The highest BCUT2D eigenvalue weighted by Crippen LogP contribution is 2.00. The fraction of sp³-hybridized carbons (Fsp3) is 0.222. The number of amides is 1. The van der Waals surface area contributed by atoms with Crippen LogP contribution in [0.3, 0.4) is 0 Å². The summed E-state index contributed by atoms with van der Waals surface area (Å²) >= 11 is 0. The zero-order chi connectivity index (χ0) is 8.97. The van der Waals surface area contributed by atoms with Gasteiger partial charge in [-0.2, -0.15) is 0 Å². The van der Waals surface area contributed by atoms with Crippen molar-refractivity contribution in [3.8, 4) is 0 Å². The van der Waals surface area contributed by atoms with E-state index in [-0.39, 0.29) is 5.91 Å². The van der Waals surface area contributed by atoms with Crippen molar-refractivity contribution in [1.29, 1.82) is 0 Å². The zero-order valence-electron chi connectivity index (χ0n) is 7.24. The number of nitrogens with zero attached hydrogens (tertiary/aromatic N) is 1. The van der Waals surface area contributed by atoms with Gasteiger partial charge in [-0.05, 0) is 25.2 Å². The molecule has 0 aliphatic heterocycles. The van der Waals surface area contributed by atoms with Crippen molar-refractivity contribution in [2.45, 2.75) is 13.1 Å². The first-order valence-electron chi connectivity index (χ1n) is 3.81. The topological polar surface area (TPSA) is 29.4 Å². The van der Waals surface area contributed by atoms with Crippen LogP contribution < -0.4 is 0 Å². The number of rotatable bonds is 1. The van der Waals surface area contributed by atoms with Crippen molar-refractivity contribution in [3.63, 3.8) is 0 Å². The van der Waals surface area contributed by atoms with Crippen molar-refractivity contribution >= 4 is 14.5 Å². The van der Waals surface area contributed by atoms with Crippen LogP contribution >= 0.6 is 0 Å². The molecule has 1 aromatic carbocycles. The van der Waals surface area contributed by atoms with Gasteiger partial charge in [-0.15, -0.1) is 0 Å². The van der Waals surface area contributed by atoms with Crippen LogP contribution in [0.1, 0.15) is 10.4 Å². The van der Waals surface area contributed by atoms with Crippen LogP contribution in [-0.2, 0) is 0 Å². The van der Waals surface area contributed by atoms with Crippen molar-refractivity contribution in [2.24, 2.45) is 4.63 Å². The first-order valence-corrected chi connectivity index (χ1v) is 6.26. The van der Waals surface area contributed by atoms with Gasteiger partial charge in [0.1, 0.15) is 8.59 Å². The Bertz CT molecular complexity index is 302. The van der Waals surface area contributed by atoms with E-state index in [0.29, 0.717) is 5.56 Å². The van der Waals surface area contributed by atoms with Crippen molar-refractivity contribution in [1.82, 2.24) is 0 Å². The Morgan fingerprint density at radius 1 is 1.25 bits per heavy atom. The average molecular weight is 177 g/mol. The molecular weight excluding hydrogens is 166 g/mol. The van der Waals surface area contributed by atoms with E-state index in [9.17, 15) is 4.79 Å². The van der Waals surface area contributed by atoms with E-state index in [2.05, 4.69) is 4.63 Å². The van der Waals surface area contributed by atoms with Gasteiger partial charge in [0.25, 0.3) is 5.91 Å². The van der Waals surface area contributed by atoms with Crippen LogP contribution in [0, 0.1) is 0 Å². The first kappa shape index (κ1) is 9.00. The van der Waals surface area contributed by atoms with E-state index < -0.39 is 8.59 Å². The minimum atomic E-state index is -0.805. The third kappa shape index (κ3) is 2.51. The molecule has 0 bridgehead atoms. The highest BCUT2D eigenvalue weighted by atomic mass is 28.2. The molecule has 0 atom stereocenters. The van der Waals surface area contributed by atoms with Gasteiger partial charge >= 0.3 is 0 Å². The number of hydrogen-bond donors (Lipinski definition) is 0. The van der Waals surface area contributed by atoms with Crippen LogP contribution in [0.4, 0.5) is 0 Å². The minimum Gasteiger partial charge on any atom is -0.268 e. The van der Waals surface area contributed by atoms with E-state index >= 15 is 0 Å². The second-order valence-corrected chi connectivity index (χ2v) is 4.85. The largest absolute Gasteiger partial charge is 0.268 e. The smallest absolute Gasteiger partial charge is 0.267 e. The molecule has 3 heteroatoms. The molecule has 1 aromatic rings. The predicted molar refractivity (Wildman–Crippen MR) is 50.7 cm³/mol. The molecular formula is C9H11NOSi. The fourth-order valence-electron chi connectivity index (χ4n) is 0.848. The van der Waals surface area contributed by atoms with Gasteiger partial charge in [-0.1, -0.05) is 18.2 Å². The molecule has 0 aliphatic carbocycles. The van der Waals surface area contributed by atoms with Crippen molar-refractivity contribution in [3.05, 3.63) is 35.9 Å². The van der Waals surface area contributed by atoms with E-state index in [0.717, 1.165) is 0 Å². The number of carbonyl (C=O) groups is 1. The summed E-state index contributed by atoms with van der Waals surface area (Å²) in [6.07, 6.45) is 0.